The van der Waals surface area contributed by atoms with E-state index < -0.39 is 53.3 Å². The average molecular weight is 583 g/mol. The van der Waals surface area contributed by atoms with Gasteiger partial charge in [-0.25, -0.2) is 8.78 Å². The molecule has 2 aliphatic heterocycles. The summed E-state index contributed by atoms with van der Waals surface area (Å²) < 4.78 is 65.8. The van der Waals surface area contributed by atoms with Gasteiger partial charge in [0.2, 0.25) is 11.8 Å². The Bertz CT molecular complexity index is 1750. The minimum Gasteiger partial charge on any atom is -0.395 e. The number of anilines is 1. The van der Waals surface area contributed by atoms with Crippen molar-refractivity contribution in [2.75, 3.05) is 11.9 Å². The molecular weight excluding hydrogens is 562 g/mol. The number of nitrogens with zero attached hydrogens (tertiary/aromatic N) is 4. The zero-order valence-corrected chi connectivity index (χ0v) is 21.8. The zero-order valence-electron chi connectivity index (χ0n) is 21.8. The summed E-state index contributed by atoms with van der Waals surface area (Å²) in [4.78, 5) is 39.9. The Labute approximate surface area is 234 Å². The number of carbonyl (C=O) groups excluding carboxylic acids is 3. The number of ketones is 1. The molecule has 0 bridgehead atoms. The minimum absolute atomic E-state index is 0.234. The van der Waals surface area contributed by atoms with Crippen LogP contribution < -0.4 is 14.8 Å². The molecule has 0 aliphatic carbocycles. The average Bonchev–Trinajstić information content (AvgIpc) is 3.60. The molecule has 0 spiro atoms. The van der Waals surface area contributed by atoms with Gasteiger partial charge in [-0.2, -0.15) is 10.2 Å². The van der Waals surface area contributed by atoms with E-state index in [1.807, 2.05) is 0 Å². The summed E-state index contributed by atoms with van der Waals surface area (Å²) in [5.74, 6) is -3.90. The van der Waals surface area contributed by atoms with Crippen LogP contribution in [-0.2, 0) is 16.1 Å². The summed E-state index contributed by atoms with van der Waals surface area (Å²) in [5, 5.41) is 10.5. The van der Waals surface area contributed by atoms with Crippen molar-refractivity contribution in [3.8, 4) is 22.6 Å². The molecule has 4 heterocycles. The number of likely N-dealkylation sites (tertiary alicyclic amines) is 1. The molecule has 2 aromatic carbocycles. The molecule has 42 heavy (non-hydrogen) atoms. The van der Waals surface area contributed by atoms with E-state index in [0.717, 1.165) is 22.1 Å². The van der Waals surface area contributed by atoms with Crippen LogP contribution >= 0.6 is 0 Å². The van der Waals surface area contributed by atoms with Gasteiger partial charge < -0.3 is 24.3 Å². The lowest BCUT2D eigenvalue weighted by atomic mass is 10.0. The van der Waals surface area contributed by atoms with Gasteiger partial charge in [0.25, 0.3) is 0 Å². The summed E-state index contributed by atoms with van der Waals surface area (Å²) in [6.07, 6.45) is -1.24. The highest BCUT2D eigenvalue weighted by Gasteiger charge is 2.44. The largest absolute Gasteiger partial charge is 0.586 e. The molecule has 2 aromatic heterocycles. The highest BCUT2D eigenvalue weighted by atomic mass is 19.3. The number of ether oxygens (including phenoxy) is 2. The Balaban J connectivity index is 1.24. The van der Waals surface area contributed by atoms with Crippen LogP contribution in [0, 0.1) is 5.82 Å². The van der Waals surface area contributed by atoms with Crippen molar-refractivity contribution in [3.05, 3.63) is 66.4 Å². The summed E-state index contributed by atoms with van der Waals surface area (Å²) in [6, 6.07) is 7.23. The number of hydrogen-bond donors (Lipinski definition) is 1. The van der Waals surface area contributed by atoms with Crippen molar-refractivity contribution in [2.24, 2.45) is 0 Å². The maximum Gasteiger partial charge on any atom is 0.586 e. The van der Waals surface area contributed by atoms with E-state index in [4.69, 9.17) is 0 Å². The number of aromatic nitrogens is 3. The fourth-order valence-corrected chi connectivity index (χ4v) is 5.18. The lowest BCUT2D eigenvalue weighted by Gasteiger charge is -2.24. The van der Waals surface area contributed by atoms with Crippen LogP contribution in [0.1, 0.15) is 23.7 Å². The van der Waals surface area contributed by atoms with Crippen LogP contribution in [0.25, 0.3) is 22.0 Å². The summed E-state index contributed by atoms with van der Waals surface area (Å²) in [6.45, 7) is 0.696. The van der Waals surface area contributed by atoms with E-state index in [1.165, 1.54) is 19.3 Å². The maximum atomic E-state index is 14.5. The molecule has 2 amide bonds. The monoisotopic (exact) mass is 583 g/mol. The molecule has 10 nitrogen and oxygen atoms in total. The van der Waals surface area contributed by atoms with Crippen LogP contribution in [-0.4, -0.2) is 62.3 Å². The van der Waals surface area contributed by atoms with Gasteiger partial charge in [-0.1, -0.05) is 6.07 Å². The predicted molar refractivity (Wildman–Crippen MR) is 139 cm³/mol. The zero-order chi connectivity index (χ0) is 29.8. The number of halogens is 4. The number of nitrogens with one attached hydrogen (secondary N) is 1. The van der Waals surface area contributed by atoms with E-state index in [0.29, 0.717) is 22.5 Å². The lowest BCUT2D eigenvalue weighted by Crippen LogP contribution is -2.44. The fourth-order valence-electron chi connectivity index (χ4n) is 5.18. The number of amides is 2. The van der Waals surface area contributed by atoms with Gasteiger partial charge in [-0.15, -0.1) is 8.78 Å². The van der Waals surface area contributed by atoms with E-state index in [9.17, 15) is 31.9 Å². The second-order valence-electron chi connectivity index (χ2n) is 9.92. The molecule has 216 valence electrons. The summed E-state index contributed by atoms with van der Waals surface area (Å²) in [5.41, 5.74) is 1.98. The van der Waals surface area contributed by atoms with Crippen molar-refractivity contribution < 1.29 is 41.4 Å². The molecule has 6 rings (SSSR count). The number of rotatable bonds is 6. The maximum absolute atomic E-state index is 14.5. The third-order valence-corrected chi connectivity index (χ3v) is 7.11. The summed E-state index contributed by atoms with van der Waals surface area (Å²) >= 11 is 0. The third-order valence-electron chi connectivity index (χ3n) is 7.11. The van der Waals surface area contributed by atoms with Gasteiger partial charge in [-0.3, -0.25) is 14.4 Å². The fraction of sp³-hybridized carbons (Fsp3) is 0.250. The molecule has 0 radical (unpaired) electrons. The molecule has 1 saturated heterocycles. The molecule has 14 heteroatoms. The third kappa shape index (κ3) is 4.99. The number of carbonyl (C=O) groups is 3. The quantitative estimate of drug-likeness (QED) is 0.265. The Morgan fingerprint density at radius 2 is 1.83 bits per heavy atom. The van der Waals surface area contributed by atoms with E-state index in [1.54, 1.807) is 35.0 Å². The summed E-state index contributed by atoms with van der Waals surface area (Å²) in [7, 11) is 0. The van der Waals surface area contributed by atoms with Gasteiger partial charge >= 0.3 is 6.29 Å². The molecule has 1 N–H and O–H groups in total. The SMILES string of the molecule is CC(=O)c1cn(CC(=O)N2CC(F)CC2C(=O)Nc2cc3c(cc2F)OC(F)(F)O3)c2ccc(-c3ccnnc3)cc12. The second kappa shape index (κ2) is 10.1. The van der Waals surface area contributed by atoms with Crippen molar-refractivity contribution in [3.63, 3.8) is 0 Å². The van der Waals surface area contributed by atoms with Crippen LogP contribution in [0.3, 0.4) is 0 Å². The van der Waals surface area contributed by atoms with Crippen molar-refractivity contribution in [1.82, 2.24) is 19.7 Å². The number of alkyl halides is 3. The molecule has 2 aliphatic rings. The van der Waals surface area contributed by atoms with E-state index in [2.05, 4.69) is 25.0 Å². The standard InChI is InChI=1S/C28H21F4N5O5/c1-14(38)19-12-36(22-3-2-15(6-18(19)22)16-4-5-33-34-10-16)13-26(39)37-11-17(29)7-23(37)27(40)35-21-9-25-24(8-20(21)30)41-28(31,32)42-25/h2-6,8-10,12,17,23H,7,11,13H2,1H3,(H,35,40). The molecule has 2 atom stereocenters. The van der Waals surface area contributed by atoms with E-state index in [-0.39, 0.29) is 25.3 Å². The van der Waals surface area contributed by atoms with Gasteiger partial charge in [0.05, 0.1) is 24.6 Å². The smallest absolute Gasteiger partial charge is 0.395 e. The predicted octanol–water partition coefficient (Wildman–Crippen LogP) is 4.34. The molecule has 0 saturated carbocycles. The van der Waals surface area contributed by atoms with Crippen molar-refractivity contribution in [1.29, 1.82) is 0 Å². The van der Waals surface area contributed by atoms with Gasteiger partial charge in [0, 0.05) is 46.8 Å². The topological polar surface area (TPSA) is 116 Å². The van der Waals surface area contributed by atoms with Crippen molar-refractivity contribution in [2.45, 2.75) is 38.4 Å². The van der Waals surface area contributed by atoms with Gasteiger partial charge in [0.15, 0.2) is 23.1 Å². The first-order valence-corrected chi connectivity index (χ1v) is 12.7. The molecule has 2 unspecified atom stereocenters. The highest BCUT2D eigenvalue weighted by molar-refractivity contribution is 6.08. The molecular formula is C28H21F4N5O5. The first-order valence-electron chi connectivity index (χ1n) is 12.7. The Kier molecular flexibility index (Phi) is 6.55. The molecule has 4 aromatic rings. The second-order valence-corrected chi connectivity index (χ2v) is 9.92. The van der Waals surface area contributed by atoms with Crippen LogP contribution in [0.2, 0.25) is 0 Å². The number of Topliss-reactive ketones (excluding diaryl/α,β-unsaturated/α-hetero) is 1. The first kappa shape index (κ1) is 27.2. The lowest BCUT2D eigenvalue weighted by molar-refractivity contribution is -0.286. The molecule has 1 fully saturated rings. The Hall–Kier alpha value is -5.01. The van der Waals surface area contributed by atoms with Crippen LogP contribution in [0.15, 0.2) is 55.0 Å². The van der Waals surface area contributed by atoms with Crippen molar-refractivity contribution >= 4 is 34.2 Å². The first-order chi connectivity index (χ1) is 20.0. The van der Waals surface area contributed by atoms with Crippen LogP contribution in [0.5, 0.6) is 11.5 Å². The minimum atomic E-state index is -3.99. The Morgan fingerprint density at radius 3 is 2.55 bits per heavy atom. The van der Waals surface area contributed by atoms with Crippen LogP contribution in [0.4, 0.5) is 23.2 Å². The highest BCUT2D eigenvalue weighted by Crippen LogP contribution is 2.43. The Morgan fingerprint density at radius 1 is 1.07 bits per heavy atom. The number of fused-ring (bicyclic) bond motifs is 2. The number of hydrogen-bond acceptors (Lipinski definition) is 7. The van der Waals surface area contributed by atoms with Gasteiger partial charge in [0.1, 0.15) is 18.8 Å². The number of benzene rings is 2. The van der Waals surface area contributed by atoms with E-state index >= 15 is 0 Å². The normalized spacial score (nSPS) is 18.8. The van der Waals surface area contributed by atoms with Gasteiger partial charge in [-0.05, 0) is 30.7 Å².